The number of carbonyl (C=O) groups is 1. The van der Waals surface area contributed by atoms with Gasteiger partial charge in [-0.05, 0) is 11.1 Å². The van der Waals surface area contributed by atoms with Crippen LogP contribution in [0.3, 0.4) is 0 Å². The number of fused-ring (bicyclic) bond motifs is 1. The molecule has 2 atom stereocenters. The van der Waals surface area contributed by atoms with E-state index in [1.165, 1.54) is 12.1 Å². The van der Waals surface area contributed by atoms with Gasteiger partial charge >= 0.3 is 12.1 Å². The maximum Gasteiger partial charge on any atom is 0.471 e. The van der Waals surface area contributed by atoms with Gasteiger partial charge in [-0.15, -0.1) is 0 Å². The Morgan fingerprint density at radius 3 is 2.41 bits per heavy atom. The van der Waals surface area contributed by atoms with E-state index < -0.39 is 24.3 Å². The normalized spacial score (nSPS) is 23.3. The highest BCUT2D eigenvalue weighted by molar-refractivity contribution is 5.82. The average molecular weight is 247 g/mol. The molecule has 1 aliphatic rings. The van der Waals surface area contributed by atoms with E-state index in [0.717, 1.165) is 0 Å². The van der Waals surface area contributed by atoms with Gasteiger partial charge in [-0.25, -0.2) is 4.39 Å². The van der Waals surface area contributed by atoms with Crippen molar-refractivity contribution in [2.24, 2.45) is 0 Å². The predicted octanol–water partition coefficient (Wildman–Crippen LogP) is 2.82. The number of nitrogens with one attached hydrogen (secondary N) is 1. The molecule has 1 aromatic rings. The summed E-state index contributed by atoms with van der Waals surface area (Å²) < 4.78 is 49.7. The lowest BCUT2D eigenvalue weighted by Crippen LogP contribution is -2.38. The van der Waals surface area contributed by atoms with Gasteiger partial charge in [0.2, 0.25) is 0 Å². The van der Waals surface area contributed by atoms with Crippen LogP contribution in [-0.4, -0.2) is 12.1 Å². The number of rotatable bonds is 1. The van der Waals surface area contributed by atoms with Crippen LogP contribution < -0.4 is 5.32 Å². The van der Waals surface area contributed by atoms with Gasteiger partial charge in [0.05, 0.1) is 6.04 Å². The molecule has 0 saturated carbocycles. The molecule has 0 saturated heterocycles. The number of alkyl halides is 4. The minimum atomic E-state index is -4.94. The Kier molecular flexibility index (Phi) is 2.81. The van der Waals surface area contributed by atoms with E-state index in [9.17, 15) is 22.4 Å². The van der Waals surface area contributed by atoms with Crippen molar-refractivity contribution in [3.63, 3.8) is 0 Å². The Hall–Kier alpha value is -1.59. The van der Waals surface area contributed by atoms with Gasteiger partial charge in [0.25, 0.3) is 0 Å². The SMILES string of the molecule is O=C(NC1CC(F)c2ccccc21)C(F)(F)F. The molecule has 1 N–H and O–H groups in total. The molecule has 0 fully saturated rings. The van der Waals surface area contributed by atoms with E-state index in [1.807, 2.05) is 0 Å². The van der Waals surface area contributed by atoms with Gasteiger partial charge < -0.3 is 5.32 Å². The lowest BCUT2D eigenvalue weighted by Gasteiger charge is -2.14. The predicted molar refractivity (Wildman–Crippen MR) is 51.8 cm³/mol. The molecule has 2 nitrogen and oxygen atoms in total. The molecule has 1 amide bonds. The van der Waals surface area contributed by atoms with Gasteiger partial charge in [0.15, 0.2) is 0 Å². The summed E-state index contributed by atoms with van der Waals surface area (Å²) in [5, 5.41) is 1.80. The van der Waals surface area contributed by atoms with E-state index >= 15 is 0 Å². The summed E-state index contributed by atoms with van der Waals surface area (Å²) in [7, 11) is 0. The number of amides is 1. The monoisotopic (exact) mass is 247 g/mol. The quantitative estimate of drug-likeness (QED) is 0.759. The Labute approximate surface area is 94.6 Å². The van der Waals surface area contributed by atoms with E-state index in [1.54, 1.807) is 17.4 Å². The lowest BCUT2D eigenvalue weighted by atomic mass is 10.1. The highest BCUT2D eigenvalue weighted by Gasteiger charge is 2.42. The molecule has 0 bridgehead atoms. The first-order valence-corrected chi connectivity index (χ1v) is 5.00. The number of halogens is 4. The zero-order valence-corrected chi connectivity index (χ0v) is 8.59. The van der Waals surface area contributed by atoms with Crippen LogP contribution in [0, 0.1) is 0 Å². The van der Waals surface area contributed by atoms with Gasteiger partial charge in [-0.3, -0.25) is 4.79 Å². The Morgan fingerprint density at radius 2 is 1.82 bits per heavy atom. The Morgan fingerprint density at radius 1 is 1.24 bits per heavy atom. The van der Waals surface area contributed by atoms with Gasteiger partial charge in [0, 0.05) is 6.42 Å². The first kappa shape index (κ1) is 11.9. The highest BCUT2D eigenvalue weighted by atomic mass is 19.4. The minimum Gasteiger partial charge on any atom is -0.341 e. The lowest BCUT2D eigenvalue weighted by molar-refractivity contribution is -0.174. The smallest absolute Gasteiger partial charge is 0.341 e. The summed E-state index contributed by atoms with van der Waals surface area (Å²) >= 11 is 0. The summed E-state index contributed by atoms with van der Waals surface area (Å²) in [5.74, 6) is -2.04. The fourth-order valence-corrected chi connectivity index (χ4v) is 1.95. The molecule has 1 aliphatic carbocycles. The topological polar surface area (TPSA) is 29.1 Å². The first-order chi connectivity index (χ1) is 7.89. The van der Waals surface area contributed by atoms with E-state index in [2.05, 4.69) is 0 Å². The highest BCUT2D eigenvalue weighted by Crippen LogP contribution is 2.41. The number of hydrogen-bond donors (Lipinski definition) is 1. The Balaban J connectivity index is 2.18. The van der Waals surface area contributed by atoms with Crippen molar-refractivity contribution in [2.45, 2.75) is 24.8 Å². The van der Waals surface area contributed by atoms with Crippen molar-refractivity contribution in [3.05, 3.63) is 35.4 Å². The van der Waals surface area contributed by atoms with Crippen LogP contribution in [0.5, 0.6) is 0 Å². The van der Waals surface area contributed by atoms with E-state index in [-0.39, 0.29) is 6.42 Å². The molecule has 6 heteroatoms. The van der Waals surface area contributed by atoms with Crippen molar-refractivity contribution in [1.29, 1.82) is 0 Å². The third-order valence-electron chi connectivity index (χ3n) is 2.71. The maximum atomic E-state index is 13.5. The summed E-state index contributed by atoms with van der Waals surface area (Å²) in [5.41, 5.74) is 0.762. The third kappa shape index (κ3) is 2.25. The molecule has 1 aromatic carbocycles. The largest absolute Gasteiger partial charge is 0.471 e. The molecule has 0 spiro atoms. The van der Waals surface area contributed by atoms with Crippen LogP contribution in [0.2, 0.25) is 0 Å². The van der Waals surface area contributed by atoms with Gasteiger partial charge in [-0.2, -0.15) is 13.2 Å². The summed E-state index contributed by atoms with van der Waals surface area (Å²) in [6, 6.07) is 5.34. The number of benzene rings is 1. The Bertz CT molecular complexity index is 443. The molecule has 0 aromatic heterocycles. The van der Waals surface area contributed by atoms with Crippen LogP contribution in [0.15, 0.2) is 24.3 Å². The second-order valence-electron chi connectivity index (χ2n) is 3.86. The number of hydrogen-bond acceptors (Lipinski definition) is 1. The molecule has 2 unspecified atom stereocenters. The standard InChI is InChI=1S/C11H9F4NO/c12-8-5-9(16-10(17)11(13,14)15)7-4-2-1-3-6(7)8/h1-4,8-9H,5H2,(H,16,17). The second kappa shape index (κ2) is 4.01. The molecule has 2 rings (SSSR count). The summed E-state index contributed by atoms with van der Waals surface area (Å²) in [4.78, 5) is 10.8. The molecule has 0 radical (unpaired) electrons. The molecule has 92 valence electrons. The van der Waals surface area contributed by atoms with Crippen molar-refractivity contribution in [2.75, 3.05) is 0 Å². The van der Waals surface area contributed by atoms with Crippen LogP contribution >= 0.6 is 0 Å². The van der Waals surface area contributed by atoms with Crippen molar-refractivity contribution in [3.8, 4) is 0 Å². The summed E-state index contributed by atoms with van der Waals surface area (Å²) in [6.45, 7) is 0. The van der Waals surface area contributed by atoms with Crippen molar-refractivity contribution in [1.82, 2.24) is 5.32 Å². The number of carbonyl (C=O) groups excluding carboxylic acids is 1. The van der Waals surface area contributed by atoms with Crippen LogP contribution in [0.1, 0.15) is 29.8 Å². The fraction of sp³-hybridized carbons (Fsp3) is 0.364. The molecule has 17 heavy (non-hydrogen) atoms. The fourth-order valence-electron chi connectivity index (χ4n) is 1.95. The first-order valence-electron chi connectivity index (χ1n) is 5.00. The molecular weight excluding hydrogens is 238 g/mol. The van der Waals surface area contributed by atoms with E-state index in [0.29, 0.717) is 11.1 Å². The third-order valence-corrected chi connectivity index (χ3v) is 2.71. The van der Waals surface area contributed by atoms with Crippen molar-refractivity contribution < 1.29 is 22.4 Å². The molecular formula is C11H9F4NO. The van der Waals surface area contributed by atoms with E-state index in [4.69, 9.17) is 0 Å². The van der Waals surface area contributed by atoms with Crippen LogP contribution in [0.25, 0.3) is 0 Å². The van der Waals surface area contributed by atoms with Crippen molar-refractivity contribution >= 4 is 5.91 Å². The molecule has 0 aliphatic heterocycles. The second-order valence-corrected chi connectivity index (χ2v) is 3.86. The van der Waals surface area contributed by atoms with Crippen LogP contribution in [0.4, 0.5) is 17.6 Å². The average Bonchev–Trinajstić information content (AvgIpc) is 2.56. The summed E-state index contributed by atoms with van der Waals surface area (Å²) in [6.07, 6.45) is -6.42. The minimum absolute atomic E-state index is 0.152. The van der Waals surface area contributed by atoms with Gasteiger partial charge in [0.1, 0.15) is 6.17 Å². The van der Waals surface area contributed by atoms with Gasteiger partial charge in [-0.1, -0.05) is 24.3 Å². The molecule has 0 heterocycles. The maximum absolute atomic E-state index is 13.5. The zero-order valence-electron chi connectivity index (χ0n) is 8.59. The zero-order chi connectivity index (χ0) is 12.6. The van der Waals surface area contributed by atoms with Crippen LogP contribution in [-0.2, 0) is 4.79 Å².